The van der Waals surface area contributed by atoms with E-state index in [1.54, 1.807) is 0 Å². The lowest BCUT2D eigenvalue weighted by atomic mass is 10.1. The number of H-pyrrole nitrogens is 1. The third-order valence-electron chi connectivity index (χ3n) is 2.07. The molecule has 0 aliphatic rings. The van der Waals surface area contributed by atoms with Crippen molar-refractivity contribution in [3.63, 3.8) is 0 Å². The van der Waals surface area contributed by atoms with Crippen LogP contribution in [0.1, 0.15) is 13.8 Å². The summed E-state index contributed by atoms with van der Waals surface area (Å²) in [7, 11) is -3.60. The highest BCUT2D eigenvalue weighted by Crippen LogP contribution is 2.07. The Labute approximate surface area is 88.8 Å². The van der Waals surface area contributed by atoms with Crippen molar-refractivity contribution in [2.45, 2.75) is 24.9 Å². The van der Waals surface area contributed by atoms with E-state index in [9.17, 15) is 8.42 Å². The van der Waals surface area contributed by atoms with E-state index in [1.165, 1.54) is 12.3 Å². The molecule has 1 aromatic heterocycles. The standard InChI is InChI=1S/C8H15N3O3S/c1-6(2)7(5-12)11-15(13,14)8-3-4-9-10-8/h3-4,6-7,11-12H,5H2,1-2H3,(H,9,10). The Kier molecular flexibility index (Phi) is 3.83. The molecule has 0 aromatic carbocycles. The number of sulfonamides is 1. The Balaban J connectivity index is 2.81. The SMILES string of the molecule is CC(C)C(CO)NS(=O)(=O)c1ccn[nH]1. The van der Waals surface area contributed by atoms with Crippen LogP contribution in [0.15, 0.2) is 17.3 Å². The summed E-state index contributed by atoms with van der Waals surface area (Å²) < 4.78 is 25.7. The minimum absolute atomic E-state index is 0.00148. The first-order valence-electron chi connectivity index (χ1n) is 4.60. The van der Waals surface area contributed by atoms with Crippen LogP contribution in [-0.2, 0) is 10.0 Å². The van der Waals surface area contributed by atoms with Gasteiger partial charge >= 0.3 is 0 Å². The highest BCUT2D eigenvalue weighted by Gasteiger charge is 2.22. The maximum absolute atomic E-state index is 11.7. The van der Waals surface area contributed by atoms with Gasteiger partial charge in [-0.05, 0) is 12.0 Å². The number of nitrogens with one attached hydrogen (secondary N) is 2. The van der Waals surface area contributed by atoms with E-state index in [1.807, 2.05) is 13.8 Å². The number of nitrogens with zero attached hydrogens (tertiary/aromatic N) is 1. The topological polar surface area (TPSA) is 95.1 Å². The van der Waals surface area contributed by atoms with E-state index in [0.29, 0.717) is 0 Å². The average Bonchev–Trinajstić information content (AvgIpc) is 2.67. The zero-order valence-electron chi connectivity index (χ0n) is 8.64. The van der Waals surface area contributed by atoms with Crippen LogP contribution < -0.4 is 4.72 Å². The van der Waals surface area contributed by atoms with Gasteiger partial charge in [-0.25, -0.2) is 13.1 Å². The average molecular weight is 233 g/mol. The quantitative estimate of drug-likeness (QED) is 0.651. The molecule has 0 radical (unpaired) electrons. The molecule has 0 amide bonds. The summed E-state index contributed by atoms with van der Waals surface area (Å²) in [6.45, 7) is 3.43. The molecule has 0 aliphatic carbocycles. The first-order valence-corrected chi connectivity index (χ1v) is 6.08. The van der Waals surface area contributed by atoms with Gasteiger partial charge in [0.05, 0.1) is 12.8 Å². The van der Waals surface area contributed by atoms with Crippen molar-refractivity contribution >= 4 is 10.0 Å². The second-order valence-electron chi connectivity index (χ2n) is 3.58. The Morgan fingerprint density at radius 2 is 2.27 bits per heavy atom. The van der Waals surface area contributed by atoms with Gasteiger partial charge < -0.3 is 5.11 Å². The molecule has 1 atom stereocenters. The molecule has 0 fully saturated rings. The molecule has 7 heteroatoms. The Morgan fingerprint density at radius 3 is 2.67 bits per heavy atom. The molecular formula is C8H15N3O3S. The number of aromatic amines is 1. The lowest BCUT2D eigenvalue weighted by Gasteiger charge is -2.18. The lowest BCUT2D eigenvalue weighted by Crippen LogP contribution is -2.41. The summed E-state index contributed by atoms with van der Waals surface area (Å²) in [4.78, 5) is 0. The molecular weight excluding hydrogens is 218 g/mol. The maximum atomic E-state index is 11.7. The van der Waals surface area contributed by atoms with Crippen LogP contribution >= 0.6 is 0 Å². The molecule has 1 aromatic rings. The number of rotatable bonds is 5. The molecule has 0 bridgehead atoms. The Morgan fingerprint density at radius 1 is 1.60 bits per heavy atom. The predicted octanol–water partition coefficient (Wildman–Crippen LogP) is -0.295. The lowest BCUT2D eigenvalue weighted by molar-refractivity contribution is 0.227. The van der Waals surface area contributed by atoms with Gasteiger partial charge in [0.25, 0.3) is 10.0 Å². The second-order valence-corrected chi connectivity index (χ2v) is 5.26. The van der Waals surface area contributed by atoms with E-state index in [-0.39, 0.29) is 17.6 Å². The van der Waals surface area contributed by atoms with E-state index in [0.717, 1.165) is 0 Å². The molecule has 3 N–H and O–H groups in total. The van der Waals surface area contributed by atoms with Crippen molar-refractivity contribution in [2.24, 2.45) is 5.92 Å². The van der Waals surface area contributed by atoms with Crippen LogP contribution in [0.4, 0.5) is 0 Å². The van der Waals surface area contributed by atoms with Gasteiger partial charge in [0.15, 0.2) is 5.03 Å². The highest BCUT2D eigenvalue weighted by atomic mass is 32.2. The second kappa shape index (κ2) is 4.73. The molecule has 6 nitrogen and oxygen atoms in total. The fourth-order valence-corrected chi connectivity index (χ4v) is 2.32. The Bertz CT molecular complexity index is 385. The molecule has 1 heterocycles. The summed E-state index contributed by atoms with van der Waals surface area (Å²) in [6, 6.07) is 0.871. The van der Waals surface area contributed by atoms with E-state index < -0.39 is 16.1 Å². The zero-order valence-corrected chi connectivity index (χ0v) is 9.45. The Hall–Kier alpha value is -0.920. The van der Waals surface area contributed by atoms with Crippen LogP contribution in [0.3, 0.4) is 0 Å². The third-order valence-corrected chi connectivity index (χ3v) is 3.49. The van der Waals surface area contributed by atoms with Crippen molar-refractivity contribution in [1.29, 1.82) is 0 Å². The first-order chi connectivity index (χ1) is 6.97. The van der Waals surface area contributed by atoms with Gasteiger partial charge in [-0.2, -0.15) is 5.10 Å². The fourth-order valence-electron chi connectivity index (χ4n) is 1.04. The third kappa shape index (κ3) is 3.01. The summed E-state index contributed by atoms with van der Waals surface area (Å²) in [5.41, 5.74) is 0. The number of hydrogen-bond acceptors (Lipinski definition) is 4. The van der Waals surface area contributed by atoms with Crippen molar-refractivity contribution in [3.8, 4) is 0 Å². The summed E-state index contributed by atoms with van der Waals surface area (Å²) in [5, 5.41) is 14.9. The summed E-state index contributed by atoms with van der Waals surface area (Å²) in [5.74, 6) is 0.0210. The van der Waals surface area contributed by atoms with Crippen LogP contribution in [0.5, 0.6) is 0 Å². The minimum Gasteiger partial charge on any atom is -0.395 e. The normalized spacial score (nSPS) is 14.4. The summed E-state index contributed by atoms with van der Waals surface area (Å²) >= 11 is 0. The molecule has 0 aliphatic heterocycles. The molecule has 1 rings (SSSR count). The maximum Gasteiger partial charge on any atom is 0.257 e. The van der Waals surface area contributed by atoms with E-state index >= 15 is 0 Å². The van der Waals surface area contributed by atoms with Gasteiger partial charge in [0.1, 0.15) is 0 Å². The van der Waals surface area contributed by atoms with Crippen molar-refractivity contribution in [1.82, 2.24) is 14.9 Å². The van der Waals surface area contributed by atoms with Crippen molar-refractivity contribution in [2.75, 3.05) is 6.61 Å². The van der Waals surface area contributed by atoms with Crippen molar-refractivity contribution in [3.05, 3.63) is 12.3 Å². The van der Waals surface area contributed by atoms with Gasteiger partial charge in [-0.3, -0.25) is 5.10 Å². The minimum atomic E-state index is -3.60. The number of aliphatic hydroxyl groups excluding tert-OH is 1. The number of hydrogen-bond donors (Lipinski definition) is 3. The molecule has 0 saturated carbocycles. The molecule has 0 spiro atoms. The number of aliphatic hydroxyl groups is 1. The van der Waals surface area contributed by atoms with Crippen LogP contribution in [-0.4, -0.2) is 36.4 Å². The van der Waals surface area contributed by atoms with Crippen molar-refractivity contribution < 1.29 is 13.5 Å². The molecule has 86 valence electrons. The van der Waals surface area contributed by atoms with Gasteiger partial charge in [-0.1, -0.05) is 13.8 Å². The zero-order chi connectivity index (χ0) is 11.5. The first kappa shape index (κ1) is 12.2. The fraction of sp³-hybridized carbons (Fsp3) is 0.625. The predicted molar refractivity (Wildman–Crippen MR) is 54.6 cm³/mol. The molecule has 15 heavy (non-hydrogen) atoms. The van der Waals surface area contributed by atoms with Crippen LogP contribution in [0.2, 0.25) is 0 Å². The monoisotopic (exact) mass is 233 g/mol. The van der Waals surface area contributed by atoms with Crippen LogP contribution in [0.25, 0.3) is 0 Å². The highest BCUT2D eigenvalue weighted by molar-refractivity contribution is 7.89. The van der Waals surface area contributed by atoms with Gasteiger partial charge in [0.2, 0.25) is 0 Å². The van der Waals surface area contributed by atoms with E-state index in [2.05, 4.69) is 14.9 Å². The number of aromatic nitrogens is 2. The smallest absolute Gasteiger partial charge is 0.257 e. The largest absolute Gasteiger partial charge is 0.395 e. The van der Waals surface area contributed by atoms with Gasteiger partial charge in [0, 0.05) is 6.04 Å². The van der Waals surface area contributed by atoms with Crippen LogP contribution in [0, 0.1) is 5.92 Å². The molecule has 0 saturated heterocycles. The van der Waals surface area contributed by atoms with E-state index in [4.69, 9.17) is 5.11 Å². The molecule has 1 unspecified atom stereocenters. The van der Waals surface area contributed by atoms with Gasteiger partial charge in [-0.15, -0.1) is 0 Å². The summed E-state index contributed by atoms with van der Waals surface area (Å²) in [6.07, 6.45) is 1.36.